The molecule has 0 spiro atoms. The van der Waals surface area contributed by atoms with Crippen molar-refractivity contribution in [3.63, 3.8) is 0 Å². The van der Waals surface area contributed by atoms with Gasteiger partial charge in [-0.2, -0.15) is 0 Å². The first-order chi connectivity index (χ1) is 12.1. The molecule has 10 heteroatoms. The van der Waals surface area contributed by atoms with Crippen molar-refractivity contribution in [3.8, 4) is 0 Å². The van der Waals surface area contributed by atoms with Crippen molar-refractivity contribution in [3.05, 3.63) is 64.7 Å². The molecule has 0 N–H and O–H groups in total. The van der Waals surface area contributed by atoms with Crippen LogP contribution in [-0.2, 0) is 21.4 Å². The van der Waals surface area contributed by atoms with E-state index in [2.05, 4.69) is 0 Å². The van der Waals surface area contributed by atoms with Crippen molar-refractivity contribution in [2.45, 2.75) is 11.5 Å². The second-order valence-corrected chi connectivity index (χ2v) is 7.40. The Morgan fingerprint density at radius 2 is 1.50 bits per heavy atom. The van der Waals surface area contributed by atoms with Crippen molar-refractivity contribution >= 4 is 16.0 Å². The predicted molar refractivity (Wildman–Crippen MR) is 82.7 cm³/mol. The van der Waals surface area contributed by atoms with Gasteiger partial charge in [-0.1, -0.05) is 30.3 Å². The fourth-order valence-electron chi connectivity index (χ4n) is 2.01. The molecule has 26 heavy (non-hydrogen) atoms. The fourth-order valence-corrected chi connectivity index (χ4v) is 3.13. The van der Waals surface area contributed by atoms with E-state index in [0.717, 1.165) is 14.1 Å². The molecule has 0 unspecified atom stereocenters. The van der Waals surface area contributed by atoms with Crippen LogP contribution in [0.1, 0.15) is 15.9 Å². The van der Waals surface area contributed by atoms with Crippen LogP contribution in [0, 0.1) is 23.3 Å². The van der Waals surface area contributed by atoms with Crippen LogP contribution in [0.3, 0.4) is 0 Å². The minimum absolute atomic E-state index is 0.415. The maximum atomic E-state index is 14.1. The van der Waals surface area contributed by atoms with Crippen LogP contribution in [0.15, 0.2) is 35.2 Å². The summed E-state index contributed by atoms with van der Waals surface area (Å²) in [7, 11) is -2.91. The Labute approximate surface area is 146 Å². The lowest BCUT2D eigenvalue weighted by Crippen LogP contribution is -2.28. The van der Waals surface area contributed by atoms with Gasteiger partial charge in [-0.15, -0.1) is 0 Å². The third kappa shape index (κ3) is 3.56. The second-order valence-electron chi connectivity index (χ2n) is 5.31. The van der Waals surface area contributed by atoms with Crippen LogP contribution in [0.4, 0.5) is 17.6 Å². The highest BCUT2D eigenvalue weighted by Gasteiger charge is 2.37. The highest BCUT2D eigenvalue weighted by molar-refractivity contribution is 7.89. The Kier molecular flexibility index (Phi) is 5.67. The van der Waals surface area contributed by atoms with Gasteiger partial charge in [0.15, 0.2) is 23.3 Å². The van der Waals surface area contributed by atoms with Gasteiger partial charge in [0, 0.05) is 14.1 Å². The molecule has 140 valence electrons. The van der Waals surface area contributed by atoms with E-state index >= 15 is 0 Å². The molecule has 2 rings (SSSR count). The van der Waals surface area contributed by atoms with E-state index in [1.54, 1.807) is 30.3 Å². The molecular weight excluding hydrogens is 378 g/mol. The van der Waals surface area contributed by atoms with E-state index in [1.165, 1.54) is 0 Å². The van der Waals surface area contributed by atoms with Gasteiger partial charge in [-0.25, -0.2) is 35.1 Å². The first kappa shape index (κ1) is 19.9. The Morgan fingerprint density at radius 1 is 0.962 bits per heavy atom. The summed E-state index contributed by atoms with van der Waals surface area (Å²) >= 11 is 0. The molecule has 0 aliphatic carbocycles. The number of benzene rings is 2. The summed E-state index contributed by atoms with van der Waals surface area (Å²) in [6, 6.07) is 8.00. The minimum Gasteiger partial charge on any atom is -0.457 e. The zero-order valence-corrected chi connectivity index (χ0v) is 14.4. The number of hydrogen-bond donors (Lipinski definition) is 0. The molecule has 0 amide bonds. The monoisotopic (exact) mass is 391 g/mol. The largest absolute Gasteiger partial charge is 0.457 e. The Balaban J connectivity index is 2.58. The molecule has 2 aromatic carbocycles. The Bertz CT molecular complexity index is 947. The smallest absolute Gasteiger partial charge is 0.343 e. The predicted octanol–water partition coefficient (Wildman–Crippen LogP) is 2.85. The normalized spacial score (nSPS) is 11.7. The summed E-state index contributed by atoms with van der Waals surface area (Å²) in [6.45, 7) is -0.415. The first-order valence-corrected chi connectivity index (χ1v) is 8.52. The number of halogens is 4. The number of ether oxygens (including phenoxy) is 1. The SMILES string of the molecule is CN(C)S(=O)(=O)c1c(F)c(F)c(F)c(F)c1C(=O)OCc1ccccc1. The molecule has 0 atom stereocenters. The zero-order chi connectivity index (χ0) is 19.6. The van der Waals surface area contributed by atoms with Crippen LogP contribution in [0.5, 0.6) is 0 Å². The van der Waals surface area contributed by atoms with Crippen molar-refractivity contribution in [2.75, 3.05) is 14.1 Å². The van der Waals surface area contributed by atoms with E-state index in [4.69, 9.17) is 4.74 Å². The van der Waals surface area contributed by atoms with Crippen LogP contribution in [-0.4, -0.2) is 32.8 Å². The number of carbonyl (C=O) groups is 1. The molecule has 0 saturated heterocycles. The van der Waals surface area contributed by atoms with Crippen LogP contribution >= 0.6 is 0 Å². The third-order valence-electron chi connectivity index (χ3n) is 3.38. The molecule has 0 radical (unpaired) electrons. The van der Waals surface area contributed by atoms with Gasteiger partial charge in [0.1, 0.15) is 17.1 Å². The molecule has 0 aromatic heterocycles. The molecule has 0 aliphatic heterocycles. The lowest BCUT2D eigenvalue weighted by atomic mass is 10.2. The maximum absolute atomic E-state index is 14.1. The van der Waals surface area contributed by atoms with Crippen LogP contribution in [0.2, 0.25) is 0 Å². The summed E-state index contributed by atoms with van der Waals surface area (Å²) < 4.78 is 84.8. The van der Waals surface area contributed by atoms with Gasteiger partial charge >= 0.3 is 5.97 Å². The second kappa shape index (κ2) is 7.42. The third-order valence-corrected chi connectivity index (χ3v) is 5.24. The van der Waals surface area contributed by atoms with E-state index < -0.39 is 56.3 Å². The van der Waals surface area contributed by atoms with Gasteiger partial charge in [-0.05, 0) is 5.56 Å². The molecule has 0 aliphatic rings. The van der Waals surface area contributed by atoms with Crippen molar-refractivity contribution in [1.29, 1.82) is 0 Å². The number of hydrogen-bond acceptors (Lipinski definition) is 4. The molecule has 0 heterocycles. The van der Waals surface area contributed by atoms with E-state index in [9.17, 15) is 30.8 Å². The average Bonchev–Trinajstić information content (AvgIpc) is 2.61. The molecule has 0 bridgehead atoms. The molecule has 2 aromatic rings. The quantitative estimate of drug-likeness (QED) is 0.340. The minimum atomic E-state index is -4.82. The van der Waals surface area contributed by atoms with Gasteiger partial charge < -0.3 is 4.74 Å². The van der Waals surface area contributed by atoms with Crippen LogP contribution < -0.4 is 0 Å². The summed E-state index contributed by atoms with van der Waals surface area (Å²) in [4.78, 5) is 10.5. The standard InChI is InChI=1S/C16H13F4NO4S/c1-21(2)26(23,24)15-10(11(17)12(18)13(19)14(15)20)16(22)25-8-9-6-4-3-5-7-9/h3-7H,8H2,1-2H3. The topological polar surface area (TPSA) is 63.7 Å². The summed E-state index contributed by atoms with van der Waals surface area (Å²) in [6.07, 6.45) is 0. The lowest BCUT2D eigenvalue weighted by molar-refractivity contribution is 0.0459. The fraction of sp³-hybridized carbons (Fsp3) is 0.188. The van der Waals surface area contributed by atoms with Crippen molar-refractivity contribution in [2.24, 2.45) is 0 Å². The van der Waals surface area contributed by atoms with E-state index in [-0.39, 0.29) is 0 Å². The highest BCUT2D eigenvalue weighted by Crippen LogP contribution is 2.30. The lowest BCUT2D eigenvalue weighted by Gasteiger charge is -2.17. The zero-order valence-electron chi connectivity index (χ0n) is 13.6. The summed E-state index contributed by atoms with van der Waals surface area (Å²) in [5.74, 6) is -10.7. The number of sulfonamides is 1. The van der Waals surface area contributed by atoms with Gasteiger partial charge in [0.2, 0.25) is 10.0 Å². The highest BCUT2D eigenvalue weighted by atomic mass is 32.2. The number of carbonyl (C=O) groups excluding carboxylic acids is 1. The van der Waals surface area contributed by atoms with E-state index in [1.807, 2.05) is 0 Å². The van der Waals surface area contributed by atoms with Gasteiger partial charge in [0.25, 0.3) is 0 Å². The van der Waals surface area contributed by atoms with E-state index in [0.29, 0.717) is 9.87 Å². The molecule has 0 fully saturated rings. The number of esters is 1. The first-order valence-electron chi connectivity index (χ1n) is 7.08. The number of nitrogens with zero attached hydrogens (tertiary/aromatic N) is 1. The Morgan fingerprint density at radius 3 is 2.04 bits per heavy atom. The molecular formula is C16H13F4NO4S. The van der Waals surface area contributed by atoms with Gasteiger partial charge in [0.05, 0.1) is 0 Å². The Hall–Kier alpha value is -2.46. The molecule has 0 saturated carbocycles. The van der Waals surface area contributed by atoms with Crippen molar-refractivity contribution < 1.29 is 35.5 Å². The van der Waals surface area contributed by atoms with Gasteiger partial charge in [-0.3, -0.25) is 0 Å². The van der Waals surface area contributed by atoms with Crippen molar-refractivity contribution in [1.82, 2.24) is 4.31 Å². The molecule has 5 nitrogen and oxygen atoms in total. The summed E-state index contributed by atoms with van der Waals surface area (Å²) in [5.41, 5.74) is -1.08. The average molecular weight is 391 g/mol. The van der Waals surface area contributed by atoms with Crippen LogP contribution in [0.25, 0.3) is 0 Å². The summed E-state index contributed by atoms with van der Waals surface area (Å²) in [5, 5.41) is 0. The number of rotatable bonds is 5. The maximum Gasteiger partial charge on any atom is 0.343 e.